The molecule has 0 bridgehead atoms. The first kappa shape index (κ1) is 19.4. The Hall–Kier alpha value is -2.58. The second kappa shape index (κ2) is 7.28. The van der Waals surface area contributed by atoms with Crippen LogP contribution in [0.15, 0.2) is 18.2 Å². The van der Waals surface area contributed by atoms with Crippen molar-refractivity contribution < 1.29 is 19.2 Å². The molecule has 1 atom stereocenters. The summed E-state index contributed by atoms with van der Waals surface area (Å²) in [5.74, 6) is -1.84. The van der Waals surface area contributed by atoms with Gasteiger partial charge < -0.3 is 5.32 Å². The molecule has 30 heavy (non-hydrogen) atoms. The minimum Gasteiger partial charge on any atom is -0.317 e. The number of hydrogen-bond acceptors (Lipinski definition) is 6. The van der Waals surface area contributed by atoms with Crippen LogP contribution >= 0.6 is 0 Å². The van der Waals surface area contributed by atoms with Crippen molar-refractivity contribution in [2.24, 2.45) is 5.41 Å². The van der Waals surface area contributed by atoms with Gasteiger partial charge in [-0.3, -0.25) is 34.3 Å². The molecule has 3 saturated heterocycles. The summed E-state index contributed by atoms with van der Waals surface area (Å²) >= 11 is 0. The molecule has 4 aliphatic rings. The van der Waals surface area contributed by atoms with Crippen LogP contribution < -0.4 is 10.6 Å². The predicted octanol–water partition coefficient (Wildman–Crippen LogP) is 0.663. The molecule has 1 spiro atoms. The Morgan fingerprint density at radius 1 is 1.00 bits per heavy atom. The van der Waals surface area contributed by atoms with Gasteiger partial charge in [0.1, 0.15) is 6.04 Å². The lowest BCUT2D eigenvalue weighted by Crippen LogP contribution is -2.54. The zero-order chi connectivity index (χ0) is 20.9. The highest BCUT2D eigenvalue weighted by molar-refractivity contribution is 6.23. The van der Waals surface area contributed by atoms with Crippen LogP contribution in [0.4, 0.5) is 0 Å². The highest BCUT2D eigenvalue weighted by atomic mass is 16.2. The molecule has 0 aromatic heterocycles. The molecule has 0 radical (unpaired) electrons. The quantitative estimate of drug-likeness (QED) is 0.711. The van der Waals surface area contributed by atoms with E-state index < -0.39 is 23.8 Å². The van der Waals surface area contributed by atoms with E-state index in [2.05, 4.69) is 15.5 Å². The van der Waals surface area contributed by atoms with Gasteiger partial charge in [0.05, 0.1) is 11.1 Å². The number of carbonyl (C=O) groups excluding carboxylic acids is 4. The number of hydrogen-bond donors (Lipinski definition) is 2. The Labute approximate surface area is 175 Å². The highest BCUT2D eigenvalue weighted by Gasteiger charge is 2.45. The van der Waals surface area contributed by atoms with E-state index in [1.807, 2.05) is 6.07 Å². The molecular weight excluding hydrogens is 384 g/mol. The number of rotatable bonds is 3. The van der Waals surface area contributed by atoms with Crippen LogP contribution in [-0.4, -0.2) is 65.6 Å². The van der Waals surface area contributed by atoms with E-state index >= 15 is 0 Å². The molecule has 2 N–H and O–H groups in total. The van der Waals surface area contributed by atoms with Crippen LogP contribution in [0.1, 0.15) is 58.4 Å². The van der Waals surface area contributed by atoms with E-state index in [1.165, 1.54) is 19.3 Å². The number of imide groups is 2. The number of piperidine rings is 2. The van der Waals surface area contributed by atoms with Crippen LogP contribution in [0.3, 0.4) is 0 Å². The van der Waals surface area contributed by atoms with Gasteiger partial charge in [0.25, 0.3) is 11.8 Å². The molecule has 4 amide bonds. The molecule has 8 heteroatoms. The van der Waals surface area contributed by atoms with Crippen molar-refractivity contribution in [1.29, 1.82) is 0 Å². The number of likely N-dealkylation sites (tertiary alicyclic amines) is 1. The maximum absolute atomic E-state index is 13.0. The van der Waals surface area contributed by atoms with Gasteiger partial charge >= 0.3 is 0 Å². The Balaban J connectivity index is 1.31. The normalized spacial score (nSPS) is 26.4. The van der Waals surface area contributed by atoms with E-state index in [-0.39, 0.29) is 18.7 Å². The monoisotopic (exact) mass is 410 g/mol. The molecule has 1 aromatic carbocycles. The van der Waals surface area contributed by atoms with Gasteiger partial charge in [0, 0.05) is 19.5 Å². The Morgan fingerprint density at radius 2 is 1.77 bits per heavy atom. The Morgan fingerprint density at radius 3 is 2.53 bits per heavy atom. The molecular formula is C22H26N4O4. The molecule has 5 rings (SSSR count). The maximum atomic E-state index is 13.0. The average Bonchev–Trinajstić information content (AvgIpc) is 3.21. The molecule has 3 fully saturated rings. The van der Waals surface area contributed by atoms with Crippen LogP contribution in [-0.2, 0) is 16.1 Å². The van der Waals surface area contributed by atoms with Gasteiger partial charge in [0.2, 0.25) is 11.8 Å². The molecule has 0 aliphatic carbocycles. The van der Waals surface area contributed by atoms with Crippen molar-refractivity contribution in [1.82, 2.24) is 20.4 Å². The number of benzene rings is 1. The number of nitrogens with one attached hydrogen (secondary N) is 2. The summed E-state index contributed by atoms with van der Waals surface area (Å²) in [5.41, 5.74) is 2.12. The largest absolute Gasteiger partial charge is 0.317 e. The number of fused-ring (bicyclic) bond motifs is 1. The number of amides is 4. The summed E-state index contributed by atoms with van der Waals surface area (Å²) in [6, 6.07) is 4.49. The maximum Gasteiger partial charge on any atom is 0.262 e. The average molecular weight is 410 g/mol. The Kier molecular flexibility index (Phi) is 4.71. The van der Waals surface area contributed by atoms with Crippen molar-refractivity contribution in [2.45, 2.75) is 44.7 Å². The van der Waals surface area contributed by atoms with Crippen LogP contribution in [0.25, 0.3) is 0 Å². The van der Waals surface area contributed by atoms with Gasteiger partial charge in [0.15, 0.2) is 0 Å². The lowest BCUT2D eigenvalue weighted by molar-refractivity contribution is -0.136. The number of nitrogens with zero attached hydrogens (tertiary/aromatic N) is 2. The van der Waals surface area contributed by atoms with Gasteiger partial charge in [-0.05, 0) is 68.4 Å². The standard InChI is InChI=1S/C22H26N4O4/c27-18-4-3-17(19(28)24-18)26-20(29)15-2-1-14(11-16(15)21(26)30)12-25-10-7-22(13-25)5-8-23-9-6-22/h1-2,11,17,23H,3-10,12-13H2,(H,24,27,28). The van der Waals surface area contributed by atoms with Crippen molar-refractivity contribution in [3.8, 4) is 0 Å². The fourth-order valence-corrected chi connectivity index (χ4v) is 5.40. The summed E-state index contributed by atoms with van der Waals surface area (Å²) in [5, 5.41) is 5.66. The summed E-state index contributed by atoms with van der Waals surface area (Å²) in [7, 11) is 0. The van der Waals surface area contributed by atoms with Gasteiger partial charge in [-0.25, -0.2) is 0 Å². The first-order chi connectivity index (χ1) is 14.5. The number of carbonyl (C=O) groups is 4. The second-order valence-corrected chi connectivity index (χ2v) is 9.04. The van der Waals surface area contributed by atoms with E-state index in [0.717, 1.165) is 43.2 Å². The highest BCUT2D eigenvalue weighted by Crippen LogP contribution is 2.39. The van der Waals surface area contributed by atoms with Gasteiger partial charge in [-0.2, -0.15) is 0 Å². The smallest absolute Gasteiger partial charge is 0.262 e. The predicted molar refractivity (Wildman–Crippen MR) is 108 cm³/mol. The van der Waals surface area contributed by atoms with Crippen molar-refractivity contribution in [3.63, 3.8) is 0 Å². The van der Waals surface area contributed by atoms with E-state index in [0.29, 0.717) is 16.5 Å². The molecule has 4 aliphatic heterocycles. The van der Waals surface area contributed by atoms with Crippen molar-refractivity contribution >= 4 is 23.6 Å². The zero-order valence-corrected chi connectivity index (χ0v) is 16.9. The molecule has 1 unspecified atom stereocenters. The first-order valence-corrected chi connectivity index (χ1v) is 10.7. The minimum absolute atomic E-state index is 0.126. The summed E-state index contributed by atoms with van der Waals surface area (Å²) in [6.45, 7) is 5.04. The van der Waals surface area contributed by atoms with Gasteiger partial charge in [-0.15, -0.1) is 0 Å². The summed E-state index contributed by atoms with van der Waals surface area (Å²) < 4.78 is 0. The van der Waals surface area contributed by atoms with Crippen molar-refractivity contribution in [2.75, 3.05) is 26.2 Å². The van der Waals surface area contributed by atoms with Crippen LogP contribution in [0, 0.1) is 5.41 Å². The van der Waals surface area contributed by atoms with Crippen molar-refractivity contribution in [3.05, 3.63) is 34.9 Å². The van der Waals surface area contributed by atoms with Crippen LogP contribution in [0.5, 0.6) is 0 Å². The molecule has 0 saturated carbocycles. The minimum atomic E-state index is -0.920. The third kappa shape index (κ3) is 3.24. The van der Waals surface area contributed by atoms with E-state index in [9.17, 15) is 19.2 Å². The third-order valence-corrected chi connectivity index (χ3v) is 7.09. The molecule has 8 nitrogen and oxygen atoms in total. The Bertz CT molecular complexity index is 937. The molecule has 158 valence electrons. The molecule has 1 aromatic rings. The lowest BCUT2D eigenvalue weighted by Gasteiger charge is -2.34. The second-order valence-electron chi connectivity index (χ2n) is 9.04. The third-order valence-electron chi connectivity index (χ3n) is 7.09. The summed E-state index contributed by atoms with van der Waals surface area (Å²) in [4.78, 5) is 52.9. The SMILES string of the molecule is O=C1CCC(N2C(=O)c3ccc(CN4CCC5(CCNCC5)C4)cc3C2=O)C(=O)N1. The first-order valence-electron chi connectivity index (χ1n) is 10.7. The van der Waals surface area contributed by atoms with Gasteiger partial charge in [-0.1, -0.05) is 6.07 Å². The summed E-state index contributed by atoms with van der Waals surface area (Å²) in [6.07, 6.45) is 3.93. The fraction of sp³-hybridized carbons (Fsp3) is 0.545. The lowest BCUT2D eigenvalue weighted by atomic mass is 9.78. The van der Waals surface area contributed by atoms with E-state index in [4.69, 9.17) is 0 Å². The fourth-order valence-electron chi connectivity index (χ4n) is 5.40. The topological polar surface area (TPSA) is 98.8 Å². The molecule has 4 heterocycles. The van der Waals surface area contributed by atoms with E-state index in [1.54, 1.807) is 12.1 Å². The zero-order valence-electron chi connectivity index (χ0n) is 16.9. The van der Waals surface area contributed by atoms with Crippen LogP contribution in [0.2, 0.25) is 0 Å².